The highest BCUT2D eigenvalue weighted by Crippen LogP contribution is 2.33. The van der Waals surface area contributed by atoms with Gasteiger partial charge in [-0.2, -0.15) is 13.2 Å². The molecule has 1 aliphatic carbocycles. The van der Waals surface area contributed by atoms with Gasteiger partial charge in [0.1, 0.15) is 0 Å². The second kappa shape index (κ2) is 5.39. The van der Waals surface area contributed by atoms with Crippen LogP contribution in [0.25, 0.3) is 0 Å². The quantitative estimate of drug-likeness (QED) is 0.611. The van der Waals surface area contributed by atoms with E-state index in [0.717, 1.165) is 18.9 Å². The van der Waals surface area contributed by atoms with Gasteiger partial charge in [0.15, 0.2) is 0 Å². The Kier molecular flexibility index (Phi) is 4.38. The van der Waals surface area contributed by atoms with Gasteiger partial charge in [-0.15, -0.1) is 0 Å². The van der Waals surface area contributed by atoms with Crippen molar-refractivity contribution in [1.29, 1.82) is 0 Å². The Bertz CT molecular complexity index is 377. The first kappa shape index (κ1) is 13.8. The first-order valence-corrected chi connectivity index (χ1v) is 5.64. The van der Waals surface area contributed by atoms with E-state index in [9.17, 15) is 13.2 Å². The minimum absolute atomic E-state index is 0.0386. The summed E-state index contributed by atoms with van der Waals surface area (Å²) in [6.07, 6.45) is 4.50. The third-order valence-corrected chi connectivity index (χ3v) is 2.59. The zero-order valence-corrected chi connectivity index (χ0v) is 10.1. The monoisotopic (exact) mass is 242 g/mol. The molecular weight excluding hydrogens is 225 g/mol. The van der Waals surface area contributed by atoms with E-state index in [1.807, 2.05) is 6.08 Å². The molecule has 0 aromatic heterocycles. The largest absolute Gasteiger partial charge is 0.416 e. The van der Waals surface area contributed by atoms with Crippen LogP contribution in [0.1, 0.15) is 26.7 Å². The van der Waals surface area contributed by atoms with Crippen molar-refractivity contribution in [3.8, 4) is 0 Å². The first-order chi connectivity index (χ1) is 7.84. The molecule has 0 spiro atoms. The summed E-state index contributed by atoms with van der Waals surface area (Å²) in [4.78, 5) is 0. The molecule has 1 aliphatic rings. The van der Waals surface area contributed by atoms with Gasteiger partial charge in [0.25, 0.3) is 0 Å². The van der Waals surface area contributed by atoms with E-state index in [-0.39, 0.29) is 5.57 Å². The number of allylic oxidation sites excluding steroid dienone is 7. The molecule has 0 atom stereocenters. The molecule has 0 N–H and O–H groups in total. The zero-order valence-electron chi connectivity index (χ0n) is 10.1. The highest BCUT2D eigenvalue weighted by atomic mass is 19.4. The van der Waals surface area contributed by atoms with Gasteiger partial charge in [-0.1, -0.05) is 24.8 Å². The molecule has 3 heteroatoms. The predicted octanol–water partition coefficient (Wildman–Crippen LogP) is 4.96. The average Bonchev–Trinajstić information content (AvgIpc) is 2.99. The van der Waals surface area contributed by atoms with Gasteiger partial charge < -0.3 is 0 Å². The van der Waals surface area contributed by atoms with Gasteiger partial charge in [0.05, 0.1) is 5.57 Å². The molecule has 1 rings (SSSR count). The van der Waals surface area contributed by atoms with Gasteiger partial charge in [0.2, 0.25) is 0 Å². The maximum absolute atomic E-state index is 12.7. The third-order valence-electron chi connectivity index (χ3n) is 2.59. The molecule has 0 nitrogen and oxygen atoms in total. The van der Waals surface area contributed by atoms with E-state index in [4.69, 9.17) is 0 Å². The summed E-state index contributed by atoms with van der Waals surface area (Å²) in [6.45, 7) is 6.48. The van der Waals surface area contributed by atoms with Crippen LogP contribution < -0.4 is 0 Å². The Morgan fingerprint density at radius 3 is 2.24 bits per heavy atom. The fraction of sp³-hybridized carbons (Fsp3) is 0.429. The van der Waals surface area contributed by atoms with Crippen LogP contribution in [-0.4, -0.2) is 6.18 Å². The second-order valence-electron chi connectivity index (χ2n) is 4.32. The minimum Gasteiger partial charge on any atom is -0.166 e. The van der Waals surface area contributed by atoms with E-state index < -0.39 is 11.7 Å². The van der Waals surface area contributed by atoms with Crippen molar-refractivity contribution in [1.82, 2.24) is 0 Å². The Balaban J connectivity index is 2.90. The number of halogens is 3. The Hall–Kier alpha value is -1.25. The number of alkyl halides is 3. The molecule has 0 radical (unpaired) electrons. The standard InChI is InChI=1S/C14H17F3/c1-4-11(5-6-12-7-8-12)9-13(10(2)3)14(15,16)17/h4-6,9,12H,2,7-8H2,1,3H3/b6-5+,11-4?,13-9+. The van der Waals surface area contributed by atoms with Crippen LogP contribution in [0.2, 0.25) is 0 Å². The van der Waals surface area contributed by atoms with Crippen LogP contribution in [-0.2, 0) is 0 Å². The van der Waals surface area contributed by atoms with E-state index in [1.165, 1.54) is 6.92 Å². The van der Waals surface area contributed by atoms with Crippen LogP contribution in [0.5, 0.6) is 0 Å². The molecule has 0 bridgehead atoms. The summed E-state index contributed by atoms with van der Waals surface area (Å²) in [7, 11) is 0. The lowest BCUT2D eigenvalue weighted by Crippen LogP contribution is -2.12. The molecule has 0 amide bonds. The zero-order chi connectivity index (χ0) is 13.1. The molecule has 94 valence electrons. The van der Waals surface area contributed by atoms with Crippen molar-refractivity contribution in [3.63, 3.8) is 0 Å². The minimum atomic E-state index is -4.34. The highest BCUT2D eigenvalue weighted by molar-refractivity contribution is 5.42. The van der Waals surface area contributed by atoms with E-state index in [2.05, 4.69) is 6.58 Å². The van der Waals surface area contributed by atoms with E-state index in [0.29, 0.717) is 11.5 Å². The molecule has 0 aliphatic heterocycles. The lowest BCUT2D eigenvalue weighted by molar-refractivity contribution is -0.0892. The topological polar surface area (TPSA) is 0 Å². The Morgan fingerprint density at radius 1 is 1.29 bits per heavy atom. The maximum Gasteiger partial charge on any atom is 0.416 e. The van der Waals surface area contributed by atoms with Crippen molar-refractivity contribution >= 4 is 0 Å². The van der Waals surface area contributed by atoms with Crippen molar-refractivity contribution in [2.75, 3.05) is 0 Å². The van der Waals surface area contributed by atoms with E-state index in [1.54, 1.807) is 19.1 Å². The molecule has 1 fully saturated rings. The summed E-state index contributed by atoms with van der Waals surface area (Å²) in [5.41, 5.74) is -0.0463. The van der Waals surface area contributed by atoms with Crippen molar-refractivity contribution in [3.05, 3.63) is 47.6 Å². The molecule has 0 unspecified atom stereocenters. The smallest absolute Gasteiger partial charge is 0.166 e. The molecule has 17 heavy (non-hydrogen) atoms. The fourth-order valence-corrected chi connectivity index (χ4v) is 1.38. The highest BCUT2D eigenvalue weighted by Gasteiger charge is 2.33. The van der Waals surface area contributed by atoms with Crippen LogP contribution in [0.3, 0.4) is 0 Å². The van der Waals surface area contributed by atoms with Gasteiger partial charge >= 0.3 is 6.18 Å². The lowest BCUT2D eigenvalue weighted by Gasteiger charge is -2.11. The lowest BCUT2D eigenvalue weighted by atomic mass is 10.0. The van der Waals surface area contributed by atoms with Crippen molar-refractivity contribution in [2.24, 2.45) is 5.92 Å². The summed E-state index contributed by atoms with van der Waals surface area (Å²) in [6, 6.07) is 0. The fourth-order valence-electron chi connectivity index (χ4n) is 1.38. The Labute approximate surface area is 100 Å². The third kappa shape index (κ3) is 4.63. The van der Waals surface area contributed by atoms with Gasteiger partial charge in [-0.05, 0) is 49.8 Å². The number of hydrogen-bond donors (Lipinski definition) is 0. The number of hydrogen-bond acceptors (Lipinski definition) is 0. The van der Waals surface area contributed by atoms with Gasteiger partial charge in [-0.3, -0.25) is 0 Å². The van der Waals surface area contributed by atoms with Gasteiger partial charge in [-0.25, -0.2) is 0 Å². The molecule has 0 aromatic rings. The van der Waals surface area contributed by atoms with Crippen LogP contribution in [0, 0.1) is 5.92 Å². The summed E-state index contributed by atoms with van der Waals surface area (Å²) >= 11 is 0. The molecule has 0 aromatic carbocycles. The Morgan fingerprint density at radius 2 is 1.88 bits per heavy atom. The normalized spacial score (nSPS) is 18.9. The van der Waals surface area contributed by atoms with Gasteiger partial charge in [0, 0.05) is 0 Å². The van der Waals surface area contributed by atoms with Crippen LogP contribution >= 0.6 is 0 Å². The van der Waals surface area contributed by atoms with Crippen molar-refractivity contribution < 1.29 is 13.2 Å². The van der Waals surface area contributed by atoms with E-state index >= 15 is 0 Å². The molecular formula is C14H17F3. The van der Waals surface area contributed by atoms with Crippen molar-refractivity contribution in [2.45, 2.75) is 32.9 Å². The van der Waals surface area contributed by atoms with Crippen LogP contribution in [0.4, 0.5) is 13.2 Å². The molecule has 0 saturated heterocycles. The summed E-state index contributed by atoms with van der Waals surface area (Å²) < 4.78 is 38.1. The number of rotatable bonds is 4. The first-order valence-electron chi connectivity index (χ1n) is 5.64. The summed E-state index contributed by atoms with van der Waals surface area (Å²) in [5.74, 6) is 0.553. The SMILES string of the molecule is C=C(C)/C(=C\C(=CC)/C=C/C1CC1)C(F)(F)F. The average molecular weight is 242 g/mol. The molecule has 1 saturated carbocycles. The second-order valence-corrected chi connectivity index (χ2v) is 4.32. The predicted molar refractivity (Wildman–Crippen MR) is 64.6 cm³/mol. The maximum atomic E-state index is 12.7. The van der Waals surface area contributed by atoms with Crippen LogP contribution in [0.15, 0.2) is 47.6 Å². The molecule has 0 heterocycles. The summed E-state index contributed by atoms with van der Waals surface area (Å²) in [5, 5.41) is 0.